The van der Waals surface area contributed by atoms with Crippen molar-refractivity contribution in [1.29, 1.82) is 0 Å². The number of phosphoric ester groups is 1. The van der Waals surface area contributed by atoms with Gasteiger partial charge in [0.1, 0.15) is 6.33 Å². The van der Waals surface area contributed by atoms with Crippen LogP contribution < -0.4 is 4.52 Å². The van der Waals surface area contributed by atoms with E-state index in [2.05, 4.69) is 14.5 Å². The lowest BCUT2D eigenvalue weighted by Crippen LogP contribution is -1.90. The summed E-state index contributed by atoms with van der Waals surface area (Å²) in [5.41, 5.74) is 0. The van der Waals surface area contributed by atoms with Gasteiger partial charge in [0.2, 0.25) is 0 Å². The Labute approximate surface area is 62.1 Å². The summed E-state index contributed by atoms with van der Waals surface area (Å²) >= 11 is 0. The van der Waals surface area contributed by atoms with E-state index in [1.54, 1.807) is 0 Å². The third kappa shape index (κ3) is 3.08. The summed E-state index contributed by atoms with van der Waals surface area (Å²) in [7, 11) is -4.47. The molecule has 2 N–H and O–H groups in total. The maximum Gasteiger partial charge on any atom is 0.524 e. The Bertz CT molecular complexity index is 271. The van der Waals surface area contributed by atoms with Gasteiger partial charge in [-0.3, -0.25) is 9.79 Å². The molecule has 0 spiro atoms. The van der Waals surface area contributed by atoms with Crippen molar-refractivity contribution in [1.82, 2.24) is 9.97 Å². The molecule has 0 saturated heterocycles. The third-order valence-corrected chi connectivity index (χ3v) is 1.21. The Hall–Kier alpha value is -0.970. The molecule has 1 heterocycles. The van der Waals surface area contributed by atoms with Crippen molar-refractivity contribution in [2.75, 3.05) is 0 Å². The van der Waals surface area contributed by atoms with E-state index in [0.717, 1.165) is 12.4 Å². The molecular weight excluding hydrogens is 171 g/mol. The lowest BCUT2D eigenvalue weighted by atomic mass is 10.6. The highest BCUT2D eigenvalue weighted by Crippen LogP contribution is 2.36. The van der Waals surface area contributed by atoms with Crippen molar-refractivity contribution in [2.24, 2.45) is 0 Å². The van der Waals surface area contributed by atoms with Gasteiger partial charge in [-0.2, -0.15) is 0 Å². The van der Waals surface area contributed by atoms with Gasteiger partial charge in [0.05, 0.1) is 12.4 Å². The Morgan fingerprint density at radius 3 is 2.36 bits per heavy atom. The van der Waals surface area contributed by atoms with Crippen LogP contribution in [0.4, 0.5) is 0 Å². The Morgan fingerprint density at radius 1 is 1.36 bits per heavy atom. The van der Waals surface area contributed by atoms with Crippen LogP contribution in [0.15, 0.2) is 18.7 Å². The second-order valence-electron chi connectivity index (χ2n) is 1.66. The van der Waals surface area contributed by atoms with E-state index >= 15 is 0 Å². The molecule has 0 radical (unpaired) electrons. The van der Waals surface area contributed by atoms with Crippen molar-refractivity contribution in [3.8, 4) is 5.75 Å². The summed E-state index contributed by atoms with van der Waals surface area (Å²) in [5, 5.41) is 0. The molecule has 0 atom stereocenters. The fraction of sp³-hybridized carbons (Fsp3) is 0. The zero-order valence-electron chi connectivity index (χ0n) is 5.28. The van der Waals surface area contributed by atoms with Gasteiger partial charge in [-0.15, -0.1) is 0 Å². The SMILES string of the molecule is O=P(O)(O)Oc1cncnc1. The molecule has 7 heteroatoms. The van der Waals surface area contributed by atoms with Crippen LogP contribution in [-0.2, 0) is 4.57 Å². The molecule has 0 bridgehead atoms. The minimum absolute atomic E-state index is 0.0548. The van der Waals surface area contributed by atoms with Gasteiger partial charge >= 0.3 is 7.82 Å². The van der Waals surface area contributed by atoms with E-state index in [4.69, 9.17) is 9.79 Å². The van der Waals surface area contributed by atoms with E-state index in [1.807, 2.05) is 0 Å². The van der Waals surface area contributed by atoms with Gasteiger partial charge in [0.15, 0.2) is 5.75 Å². The third-order valence-electron chi connectivity index (χ3n) is 0.761. The summed E-state index contributed by atoms with van der Waals surface area (Å²) < 4.78 is 14.4. The van der Waals surface area contributed by atoms with E-state index in [0.29, 0.717) is 0 Å². The summed E-state index contributed by atoms with van der Waals surface area (Å²) in [5.74, 6) is -0.0548. The molecular formula is C4H5N2O4P. The summed E-state index contributed by atoms with van der Waals surface area (Å²) in [6.45, 7) is 0. The second-order valence-corrected chi connectivity index (χ2v) is 2.82. The fourth-order valence-electron chi connectivity index (χ4n) is 0.470. The van der Waals surface area contributed by atoms with Crippen LogP contribution >= 0.6 is 7.82 Å². The molecule has 60 valence electrons. The highest BCUT2D eigenvalue weighted by molar-refractivity contribution is 7.46. The summed E-state index contributed by atoms with van der Waals surface area (Å²) in [6.07, 6.45) is 3.55. The lowest BCUT2D eigenvalue weighted by Gasteiger charge is -2.03. The lowest BCUT2D eigenvalue weighted by molar-refractivity contribution is 0.282. The molecule has 1 aromatic heterocycles. The number of hydrogen-bond donors (Lipinski definition) is 2. The topological polar surface area (TPSA) is 92.5 Å². The summed E-state index contributed by atoms with van der Waals surface area (Å²) in [4.78, 5) is 23.6. The number of aromatic nitrogens is 2. The van der Waals surface area contributed by atoms with E-state index in [-0.39, 0.29) is 5.75 Å². The number of rotatable bonds is 2. The van der Waals surface area contributed by atoms with Crippen LogP contribution in [0, 0.1) is 0 Å². The quantitative estimate of drug-likeness (QED) is 0.613. The van der Waals surface area contributed by atoms with Crippen LogP contribution in [0.1, 0.15) is 0 Å². The first-order valence-electron chi connectivity index (χ1n) is 2.58. The minimum atomic E-state index is -4.47. The molecule has 0 aliphatic carbocycles. The monoisotopic (exact) mass is 176 g/mol. The van der Waals surface area contributed by atoms with Crippen LogP contribution in [0.25, 0.3) is 0 Å². The highest BCUT2D eigenvalue weighted by atomic mass is 31.2. The number of phosphoric acid groups is 1. The van der Waals surface area contributed by atoms with Crippen LogP contribution in [0.3, 0.4) is 0 Å². The van der Waals surface area contributed by atoms with Gasteiger partial charge in [-0.1, -0.05) is 0 Å². The zero-order valence-corrected chi connectivity index (χ0v) is 6.18. The van der Waals surface area contributed by atoms with Crippen LogP contribution in [0.2, 0.25) is 0 Å². The van der Waals surface area contributed by atoms with Gasteiger partial charge in [0, 0.05) is 0 Å². The first-order valence-corrected chi connectivity index (χ1v) is 4.11. The first kappa shape index (κ1) is 8.13. The Kier molecular flexibility index (Phi) is 2.19. The number of nitrogens with zero attached hydrogens (tertiary/aromatic N) is 2. The standard InChI is InChI=1S/C4H5N2O4P/c7-11(8,9)10-4-1-5-3-6-2-4/h1-3H,(H2,7,8,9). The van der Waals surface area contributed by atoms with Crippen molar-refractivity contribution >= 4 is 7.82 Å². The molecule has 0 aliphatic heterocycles. The van der Waals surface area contributed by atoms with Crippen molar-refractivity contribution in [2.45, 2.75) is 0 Å². The average Bonchev–Trinajstić information content (AvgIpc) is 1.85. The molecule has 11 heavy (non-hydrogen) atoms. The summed E-state index contributed by atoms with van der Waals surface area (Å²) in [6, 6.07) is 0. The molecule has 0 fully saturated rings. The Morgan fingerprint density at radius 2 is 1.91 bits per heavy atom. The normalized spacial score (nSPS) is 11.1. The molecule has 0 aliphatic rings. The molecule has 1 rings (SSSR count). The molecule has 0 amide bonds. The predicted molar refractivity (Wildman–Crippen MR) is 34.7 cm³/mol. The average molecular weight is 176 g/mol. The van der Waals surface area contributed by atoms with Crippen molar-refractivity contribution in [3.63, 3.8) is 0 Å². The predicted octanol–water partition coefficient (Wildman–Crippen LogP) is -0.0519. The first-order chi connectivity index (χ1) is 5.08. The van der Waals surface area contributed by atoms with Gasteiger partial charge in [-0.25, -0.2) is 14.5 Å². The molecule has 6 nitrogen and oxygen atoms in total. The van der Waals surface area contributed by atoms with Crippen molar-refractivity contribution < 1.29 is 18.9 Å². The second kappa shape index (κ2) is 2.96. The smallest absolute Gasteiger partial charge is 0.401 e. The minimum Gasteiger partial charge on any atom is -0.401 e. The maximum absolute atomic E-state index is 10.2. The van der Waals surface area contributed by atoms with E-state index < -0.39 is 7.82 Å². The highest BCUT2D eigenvalue weighted by Gasteiger charge is 2.15. The van der Waals surface area contributed by atoms with E-state index in [9.17, 15) is 4.57 Å². The van der Waals surface area contributed by atoms with Gasteiger partial charge in [-0.05, 0) is 0 Å². The van der Waals surface area contributed by atoms with Gasteiger partial charge < -0.3 is 4.52 Å². The molecule has 0 saturated carbocycles. The Balaban J connectivity index is 2.74. The zero-order chi connectivity index (χ0) is 8.32. The molecule has 0 unspecified atom stereocenters. The molecule has 0 aromatic carbocycles. The fourth-order valence-corrected chi connectivity index (χ4v) is 0.839. The van der Waals surface area contributed by atoms with Crippen molar-refractivity contribution in [3.05, 3.63) is 18.7 Å². The van der Waals surface area contributed by atoms with Crippen LogP contribution in [0.5, 0.6) is 5.75 Å². The molecule has 1 aromatic rings. The number of hydrogen-bond acceptors (Lipinski definition) is 4. The largest absolute Gasteiger partial charge is 0.524 e. The maximum atomic E-state index is 10.2. The van der Waals surface area contributed by atoms with Crippen LogP contribution in [-0.4, -0.2) is 19.8 Å². The van der Waals surface area contributed by atoms with Gasteiger partial charge in [0.25, 0.3) is 0 Å². The van der Waals surface area contributed by atoms with E-state index in [1.165, 1.54) is 6.33 Å².